The van der Waals surface area contributed by atoms with Crippen LogP contribution in [0.2, 0.25) is 0 Å². The van der Waals surface area contributed by atoms with E-state index in [0.29, 0.717) is 63.4 Å². The molecule has 0 unspecified atom stereocenters. The number of carbonyl (C=O) groups excluding carboxylic acids is 2. The second-order valence-corrected chi connectivity index (χ2v) is 8.88. The van der Waals surface area contributed by atoms with Crippen molar-refractivity contribution in [1.29, 1.82) is 0 Å². The molecule has 1 spiro atoms. The molecule has 8 nitrogen and oxygen atoms in total. The number of ether oxygens (including phenoxy) is 1. The molecule has 0 aromatic heterocycles. The molecular formula is C23H26F3N3O5. The number of anilines is 1. The summed E-state index contributed by atoms with van der Waals surface area (Å²) in [6, 6.07) is 5.11. The molecule has 3 aliphatic rings. The lowest BCUT2D eigenvalue weighted by Crippen LogP contribution is -2.53. The number of hydrogen-bond donors (Lipinski definition) is 1. The Balaban J connectivity index is 1.45. The lowest BCUT2D eigenvalue weighted by atomic mass is 9.82. The van der Waals surface area contributed by atoms with Crippen LogP contribution >= 0.6 is 0 Å². The van der Waals surface area contributed by atoms with Gasteiger partial charge in [-0.3, -0.25) is 14.5 Å². The average molecular weight is 481 g/mol. The molecule has 1 amide bonds. The Hall–Kier alpha value is -3.08. The highest BCUT2D eigenvalue weighted by Crippen LogP contribution is 2.42. The first-order valence-corrected chi connectivity index (χ1v) is 11.1. The summed E-state index contributed by atoms with van der Waals surface area (Å²) in [4.78, 5) is 42.0. The molecule has 11 heteroatoms. The lowest BCUT2D eigenvalue weighted by Gasteiger charge is -2.41. The highest BCUT2D eigenvalue weighted by molar-refractivity contribution is 6.07. The summed E-state index contributed by atoms with van der Waals surface area (Å²) in [5.41, 5.74) is -0.760. The van der Waals surface area contributed by atoms with Crippen molar-refractivity contribution in [3.8, 4) is 0 Å². The third kappa shape index (κ3) is 4.61. The van der Waals surface area contributed by atoms with Gasteiger partial charge in [0, 0.05) is 63.4 Å². The molecule has 0 atom stereocenters. The number of aliphatic carboxylic acids is 1. The number of hydrogen-bond acceptors (Lipinski definition) is 6. The topological polar surface area (TPSA) is 90.4 Å². The van der Waals surface area contributed by atoms with Gasteiger partial charge in [-0.1, -0.05) is 6.07 Å². The van der Waals surface area contributed by atoms with E-state index in [1.165, 1.54) is 6.07 Å². The molecule has 0 saturated carbocycles. The Morgan fingerprint density at radius 3 is 2.32 bits per heavy atom. The van der Waals surface area contributed by atoms with Crippen molar-refractivity contribution in [3.63, 3.8) is 0 Å². The summed E-state index contributed by atoms with van der Waals surface area (Å²) in [5, 5.41) is 9.02. The van der Waals surface area contributed by atoms with Gasteiger partial charge in [0.25, 0.3) is 5.91 Å². The third-order valence-electron chi connectivity index (χ3n) is 6.77. The summed E-state index contributed by atoms with van der Waals surface area (Å²) in [7, 11) is 0. The number of alkyl halides is 3. The average Bonchev–Trinajstić information content (AvgIpc) is 3.03. The predicted molar refractivity (Wildman–Crippen MR) is 115 cm³/mol. The summed E-state index contributed by atoms with van der Waals surface area (Å²) in [6.45, 7) is 3.50. The maximum Gasteiger partial charge on any atom is 0.416 e. The van der Waals surface area contributed by atoms with E-state index in [0.717, 1.165) is 12.1 Å². The SMILES string of the molecule is CC1=C(C(=O)N2CCN(c3cccc(C(F)(F)F)c3)CC2)C2(CCN(CC(=O)O)CC2)OC1=O. The molecule has 1 aromatic rings. The van der Waals surface area contributed by atoms with Crippen LogP contribution in [0.5, 0.6) is 0 Å². The lowest BCUT2D eigenvalue weighted by molar-refractivity contribution is -0.153. The smallest absolute Gasteiger partial charge is 0.416 e. The number of esters is 1. The van der Waals surface area contributed by atoms with Crippen LogP contribution in [-0.2, 0) is 25.3 Å². The van der Waals surface area contributed by atoms with Gasteiger partial charge in [-0.15, -0.1) is 0 Å². The van der Waals surface area contributed by atoms with Crippen LogP contribution in [0.3, 0.4) is 0 Å². The van der Waals surface area contributed by atoms with E-state index < -0.39 is 29.3 Å². The fourth-order valence-electron chi connectivity index (χ4n) is 4.92. The maximum atomic E-state index is 13.5. The number of amides is 1. The van der Waals surface area contributed by atoms with E-state index >= 15 is 0 Å². The number of carboxylic acid groups (broad SMARTS) is 1. The number of halogens is 3. The number of benzene rings is 1. The van der Waals surface area contributed by atoms with Crippen LogP contribution in [-0.4, -0.2) is 84.2 Å². The molecular weight excluding hydrogens is 455 g/mol. The molecule has 1 N–H and O–H groups in total. The molecule has 0 bridgehead atoms. The number of nitrogens with zero attached hydrogens (tertiary/aromatic N) is 3. The van der Waals surface area contributed by atoms with E-state index in [-0.39, 0.29) is 18.0 Å². The highest BCUT2D eigenvalue weighted by Gasteiger charge is 2.52. The Kier molecular flexibility index (Phi) is 6.32. The molecule has 3 aliphatic heterocycles. The zero-order valence-electron chi connectivity index (χ0n) is 18.7. The van der Waals surface area contributed by atoms with Gasteiger partial charge in [0.2, 0.25) is 0 Å². The Bertz CT molecular complexity index is 1020. The number of piperazine rings is 1. The van der Waals surface area contributed by atoms with Crippen molar-refractivity contribution in [2.45, 2.75) is 31.5 Å². The van der Waals surface area contributed by atoms with Gasteiger partial charge in [0.15, 0.2) is 0 Å². The standard InChI is InChI=1S/C23H26F3N3O5/c1-15-19(22(34-21(15)33)5-7-27(8-6-22)14-18(30)31)20(32)29-11-9-28(10-12-29)17-4-2-3-16(13-17)23(24,25)26/h2-4,13H,5-12,14H2,1H3,(H,30,31). The number of piperidine rings is 1. The zero-order chi connectivity index (χ0) is 24.7. The predicted octanol–water partition coefficient (Wildman–Crippen LogP) is 2.15. The molecule has 1 aromatic carbocycles. The fourth-order valence-corrected chi connectivity index (χ4v) is 4.92. The zero-order valence-corrected chi connectivity index (χ0v) is 18.7. The summed E-state index contributed by atoms with van der Waals surface area (Å²) in [5.74, 6) is -1.79. The second kappa shape index (κ2) is 8.94. The van der Waals surface area contributed by atoms with Crippen LogP contribution in [0.25, 0.3) is 0 Å². The van der Waals surface area contributed by atoms with Crippen LogP contribution in [0.4, 0.5) is 18.9 Å². The summed E-state index contributed by atoms with van der Waals surface area (Å²) < 4.78 is 44.8. The summed E-state index contributed by atoms with van der Waals surface area (Å²) >= 11 is 0. The summed E-state index contributed by atoms with van der Waals surface area (Å²) in [6.07, 6.45) is -3.77. The molecule has 2 saturated heterocycles. The van der Waals surface area contributed by atoms with Gasteiger partial charge in [0.1, 0.15) is 5.60 Å². The van der Waals surface area contributed by atoms with Crippen LogP contribution in [0.1, 0.15) is 25.3 Å². The highest BCUT2D eigenvalue weighted by atomic mass is 19.4. The minimum absolute atomic E-state index is 0.118. The molecule has 0 aliphatic carbocycles. The number of rotatable bonds is 4. The Morgan fingerprint density at radius 2 is 1.74 bits per heavy atom. The monoisotopic (exact) mass is 481 g/mol. The first-order valence-electron chi connectivity index (χ1n) is 11.1. The van der Waals surface area contributed by atoms with E-state index in [1.54, 1.807) is 27.7 Å². The van der Waals surface area contributed by atoms with Crippen molar-refractivity contribution in [2.75, 3.05) is 50.7 Å². The van der Waals surface area contributed by atoms with Gasteiger partial charge in [-0.05, 0) is 25.1 Å². The van der Waals surface area contributed by atoms with E-state index in [9.17, 15) is 27.6 Å². The third-order valence-corrected chi connectivity index (χ3v) is 6.77. The van der Waals surface area contributed by atoms with E-state index in [4.69, 9.17) is 9.84 Å². The number of carbonyl (C=O) groups is 3. The quantitative estimate of drug-likeness (QED) is 0.659. The molecule has 3 heterocycles. The van der Waals surface area contributed by atoms with Gasteiger partial charge >= 0.3 is 18.1 Å². The normalized spacial score (nSPS) is 21.2. The Labute approximate surface area is 194 Å². The van der Waals surface area contributed by atoms with Crippen LogP contribution in [0.15, 0.2) is 35.4 Å². The van der Waals surface area contributed by atoms with Crippen LogP contribution < -0.4 is 4.90 Å². The number of likely N-dealkylation sites (tertiary alicyclic amines) is 1. The second-order valence-electron chi connectivity index (χ2n) is 8.88. The minimum atomic E-state index is -4.43. The van der Waals surface area contributed by atoms with Crippen molar-refractivity contribution in [2.24, 2.45) is 0 Å². The van der Waals surface area contributed by atoms with Gasteiger partial charge in [-0.25, -0.2) is 4.79 Å². The maximum absolute atomic E-state index is 13.5. The van der Waals surface area contributed by atoms with Gasteiger partial charge in [-0.2, -0.15) is 13.2 Å². The first-order chi connectivity index (χ1) is 16.0. The molecule has 4 rings (SSSR count). The van der Waals surface area contributed by atoms with E-state index in [1.807, 2.05) is 0 Å². The molecule has 2 fully saturated rings. The van der Waals surface area contributed by atoms with Crippen LogP contribution in [0, 0.1) is 0 Å². The van der Waals surface area contributed by atoms with Gasteiger partial charge < -0.3 is 19.6 Å². The van der Waals surface area contributed by atoms with Crippen molar-refractivity contribution in [1.82, 2.24) is 9.80 Å². The molecule has 184 valence electrons. The Morgan fingerprint density at radius 1 is 1.09 bits per heavy atom. The fraction of sp³-hybridized carbons (Fsp3) is 0.522. The van der Waals surface area contributed by atoms with Gasteiger partial charge in [0.05, 0.1) is 17.7 Å². The minimum Gasteiger partial charge on any atom is -0.480 e. The van der Waals surface area contributed by atoms with E-state index in [2.05, 4.69) is 0 Å². The number of carboxylic acids is 1. The largest absolute Gasteiger partial charge is 0.480 e. The molecule has 0 radical (unpaired) electrons. The van der Waals surface area contributed by atoms with Crippen molar-refractivity contribution >= 4 is 23.5 Å². The van der Waals surface area contributed by atoms with Crippen molar-refractivity contribution < 1.29 is 37.4 Å². The van der Waals surface area contributed by atoms with Crippen molar-refractivity contribution in [3.05, 3.63) is 41.0 Å². The molecule has 34 heavy (non-hydrogen) atoms. The first kappa shape index (κ1) is 24.1.